The van der Waals surface area contributed by atoms with Crippen molar-refractivity contribution in [2.75, 3.05) is 0 Å². The van der Waals surface area contributed by atoms with Crippen LogP contribution in [0.1, 0.15) is 17.0 Å². The van der Waals surface area contributed by atoms with E-state index in [1.54, 1.807) is 26.1 Å². The SMILES string of the molecule is Cc1ccc(C=C(C=O)c2nnnn2C)c(F)c1. The van der Waals surface area contributed by atoms with Gasteiger partial charge in [0.2, 0.25) is 0 Å². The zero-order valence-electron chi connectivity index (χ0n) is 9.96. The molecule has 0 fully saturated rings. The average Bonchev–Trinajstić information content (AvgIpc) is 2.75. The first-order valence-corrected chi connectivity index (χ1v) is 5.27. The summed E-state index contributed by atoms with van der Waals surface area (Å²) >= 11 is 0. The van der Waals surface area contributed by atoms with Crippen molar-refractivity contribution < 1.29 is 9.18 Å². The topological polar surface area (TPSA) is 60.7 Å². The third-order valence-electron chi connectivity index (χ3n) is 2.47. The molecule has 1 heterocycles. The van der Waals surface area contributed by atoms with E-state index in [0.29, 0.717) is 17.7 Å². The van der Waals surface area contributed by atoms with E-state index in [9.17, 15) is 9.18 Å². The number of hydrogen-bond acceptors (Lipinski definition) is 4. The number of aldehydes is 1. The van der Waals surface area contributed by atoms with Gasteiger partial charge in [0.25, 0.3) is 0 Å². The number of rotatable bonds is 3. The molecule has 0 amide bonds. The number of tetrazole rings is 1. The lowest BCUT2D eigenvalue weighted by atomic mass is 10.1. The molecule has 0 N–H and O–H groups in total. The van der Waals surface area contributed by atoms with Crippen LogP contribution in [0, 0.1) is 12.7 Å². The molecule has 92 valence electrons. The van der Waals surface area contributed by atoms with Gasteiger partial charge in [0.15, 0.2) is 12.1 Å². The second-order valence-electron chi connectivity index (χ2n) is 3.87. The standard InChI is InChI=1S/C12H11FN4O/c1-8-3-4-9(11(13)5-8)6-10(7-18)12-14-15-16-17(12)2/h3-7H,1-2H3. The van der Waals surface area contributed by atoms with Crippen molar-refractivity contribution in [3.05, 3.63) is 41.0 Å². The molecule has 0 atom stereocenters. The van der Waals surface area contributed by atoms with Crippen LogP contribution >= 0.6 is 0 Å². The molecule has 0 aliphatic carbocycles. The van der Waals surface area contributed by atoms with Gasteiger partial charge in [-0.1, -0.05) is 12.1 Å². The highest BCUT2D eigenvalue weighted by Crippen LogP contribution is 2.17. The Morgan fingerprint density at radius 1 is 1.44 bits per heavy atom. The van der Waals surface area contributed by atoms with E-state index >= 15 is 0 Å². The fourth-order valence-electron chi connectivity index (χ4n) is 1.54. The van der Waals surface area contributed by atoms with E-state index in [1.165, 1.54) is 16.8 Å². The maximum absolute atomic E-state index is 13.7. The molecule has 5 nitrogen and oxygen atoms in total. The van der Waals surface area contributed by atoms with Crippen molar-refractivity contribution in [3.63, 3.8) is 0 Å². The summed E-state index contributed by atoms with van der Waals surface area (Å²) in [6.45, 7) is 1.80. The molecule has 0 bridgehead atoms. The third kappa shape index (κ3) is 2.32. The molecule has 2 aromatic rings. The minimum absolute atomic E-state index is 0.227. The predicted molar refractivity (Wildman–Crippen MR) is 63.9 cm³/mol. The van der Waals surface area contributed by atoms with Crippen LogP contribution in [0.25, 0.3) is 11.6 Å². The molecule has 6 heteroatoms. The molecule has 1 aromatic heterocycles. The van der Waals surface area contributed by atoms with E-state index in [-0.39, 0.29) is 11.4 Å². The zero-order chi connectivity index (χ0) is 13.1. The van der Waals surface area contributed by atoms with Crippen LogP contribution in [0.2, 0.25) is 0 Å². The Bertz CT molecular complexity index is 618. The molecule has 0 spiro atoms. The number of allylic oxidation sites excluding steroid dienone is 1. The Balaban J connectivity index is 2.47. The molecule has 0 radical (unpaired) electrons. The van der Waals surface area contributed by atoms with Gasteiger partial charge in [-0.3, -0.25) is 4.79 Å². The van der Waals surface area contributed by atoms with Crippen LogP contribution in [0.15, 0.2) is 18.2 Å². The molecular weight excluding hydrogens is 235 g/mol. The maximum atomic E-state index is 13.7. The van der Waals surface area contributed by atoms with E-state index in [4.69, 9.17) is 0 Å². The Morgan fingerprint density at radius 3 is 2.78 bits per heavy atom. The summed E-state index contributed by atoms with van der Waals surface area (Å²) in [6, 6.07) is 4.79. The monoisotopic (exact) mass is 246 g/mol. The Hall–Kier alpha value is -2.37. The summed E-state index contributed by atoms with van der Waals surface area (Å²) in [7, 11) is 1.61. The van der Waals surface area contributed by atoms with Crippen LogP contribution in [0.4, 0.5) is 4.39 Å². The number of hydrogen-bond donors (Lipinski definition) is 0. The van der Waals surface area contributed by atoms with Gasteiger partial charge in [-0.25, -0.2) is 9.07 Å². The molecule has 0 saturated heterocycles. The lowest BCUT2D eigenvalue weighted by Gasteiger charge is -2.01. The number of halogens is 1. The fraction of sp³-hybridized carbons (Fsp3) is 0.167. The zero-order valence-corrected chi connectivity index (χ0v) is 9.96. The van der Waals surface area contributed by atoms with Crippen molar-refractivity contribution in [1.29, 1.82) is 0 Å². The van der Waals surface area contributed by atoms with Crippen molar-refractivity contribution in [2.24, 2.45) is 7.05 Å². The summed E-state index contributed by atoms with van der Waals surface area (Å²) in [5.41, 5.74) is 1.37. The van der Waals surface area contributed by atoms with Gasteiger partial charge in [-0.15, -0.1) is 5.10 Å². The highest BCUT2D eigenvalue weighted by atomic mass is 19.1. The first kappa shape index (κ1) is 12.1. The molecule has 18 heavy (non-hydrogen) atoms. The quantitative estimate of drug-likeness (QED) is 0.606. The fourth-order valence-corrected chi connectivity index (χ4v) is 1.54. The number of nitrogens with zero attached hydrogens (tertiary/aromatic N) is 4. The smallest absolute Gasteiger partial charge is 0.185 e. The van der Waals surface area contributed by atoms with Gasteiger partial charge in [-0.05, 0) is 35.1 Å². The van der Waals surface area contributed by atoms with Gasteiger partial charge in [0.1, 0.15) is 5.82 Å². The van der Waals surface area contributed by atoms with Crippen molar-refractivity contribution in [1.82, 2.24) is 20.2 Å². The van der Waals surface area contributed by atoms with Gasteiger partial charge in [0.05, 0.1) is 5.57 Å². The lowest BCUT2D eigenvalue weighted by Crippen LogP contribution is -2.00. The van der Waals surface area contributed by atoms with E-state index in [0.717, 1.165) is 5.56 Å². The summed E-state index contributed by atoms with van der Waals surface area (Å²) < 4.78 is 15.0. The lowest BCUT2D eigenvalue weighted by molar-refractivity contribution is -0.103. The molecular formula is C12H11FN4O. The molecule has 2 rings (SSSR count). The van der Waals surface area contributed by atoms with Crippen LogP contribution in [-0.2, 0) is 11.8 Å². The first-order valence-electron chi connectivity index (χ1n) is 5.27. The second kappa shape index (κ2) is 4.87. The van der Waals surface area contributed by atoms with Crippen molar-refractivity contribution in [2.45, 2.75) is 6.92 Å². The normalized spacial score (nSPS) is 11.6. The Morgan fingerprint density at radius 2 is 2.22 bits per heavy atom. The minimum atomic E-state index is -0.385. The number of aryl methyl sites for hydroxylation is 2. The number of carbonyl (C=O) groups excluding carboxylic acids is 1. The third-order valence-corrected chi connectivity index (χ3v) is 2.47. The summed E-state index contributed by atoms with van der Waals surface area (Å²) in [6.07, 6.45) is 2.03. The first-order chi connectivity index (χ1) is 8.61. The maximum Gasteiger partial charge on any atom is 0.185 e. The summed E-state index contributed by atoms with van der Waals surface area (Å²) in [4.78, 5) is 11.0. The molecule has 0 aliphatic heterocycles. The van der Waals surface area contributed by atoms with Crippen LogP contribution in [-0.4, -0.2) is 26.5 Å². The minimum Gasteiger partial charge on any atom is -0.298 e. The van der Waals surface area contributed by atoms with E-state index in [2.05, 4.69) is 15.5 Å². The average molecular weight is 246 g/mol. The van der Waals surface area contributed by atoms with Crippen molar-refractivity contribution in [3.8, 4) is 0 Å². The van der Waals surface area contributed by atoms with Crippen LogP contribution < -0.4 is 0 Å². The van der Waals surface area contributed by atoms with Gasteiger partial charge in [0, 0.05) is 12.6 Å². The second-order valence-corrected chi connectivity index (χ2v) is 3.87. The molecule has 0 saturated carbocycles. The number of carbonyl (C=O) groups is 1. The summed E-state index contributed by atoms with van der Waals surface area (Å²) in [5.74, 6) is -0.0885. The largest absolute Gasteiger partial charge is 0.298 e. The van der Waals surface area contributed by atoms with E-state index < -0.39 is 0 Å². The van der Waals surface area contributed by atoms with E-state index in [1.807, 2.05) is 0 Å². The van der Waals surface area contributed by atoms with Crippen molar-refractivity contribution >= 4 is 17.9 Å². The Labute approximate surface area is 103 Å². The molecule has 0 unspecified atom stereocenters. The highest BCUT2D eigenvalue weighted by Gasteiger charge is 2.09. The molecule has 1 aromatic carbocycles. The van der Waals surface area contributed by atoms with Crippen LogP contribution in [0.5, 0.6) is 0 Å². The summed E-state index contributed by atoms with van der Waals surface area (Å²) in [5, 5.41) is 10.8. The van der Waals surface area contributed by atoms with Gasteiger partial charge >= 0.3 is 0 Å². The number of aromatic nitrogens is 4. The predicted octanol–water partition coefficient (Wildman–Crippen LogP) is 1.40. The number of benzene rings is 1. The highest BCUT2D eigenvalue weighted by molar-refractivity contribution is 6.11. The van der Waals surface area contributed by atoms with Gasteiger partial charge in [-0.2, -0.15) is 0 Å². The van der Waals surface area contributed by atoms with Gasteiger partial charge < -0.3 is 0 Å². The van der Waals surface area contributed by atoms with Crippen LogP contribution in [0.3, 0.4) is 0 Å². The molecule has 0 aliphatic rings. The Kier molecular flexibility index (Phi) is 3.27.